The number of nitrogens with one attached hydrogen (secondary N) is 1. The molecule has 1 aromatic carbocycles. The average molecular weight is 314 g/mol. The molecule has 2 rings (SSSR count). The Labute approximate surface area is 127 Å². The Morgan fingerprint density at radius 1 is 1.43 bits per heavy atom. The second-order valence-corrected chi connectivity index (χ2v) is 5.33. The van der Waals surface area contributed by atoms with Gasteiger partial charge in [0, 0.05) is 6.61 Å². The summed E-state index contributed by atoms with van der Waals surface area (Å²) in [5.74, 6) is -0.973. The number of carboxylic acid groups (broad SMARTS) is 1. The molecule has 0 bridgehead atoms. The number of carbonyl (C=O) groups is 2. The van der Waals surface area contributed by atoms with Crippen LogP contribution >= 0.6 is 11.6 Å². The zero-order chi connectivity index (χ0) is 15.3. The number of aliphatic carboxylic acids is 1. The lowest BCUT2D eigenvalue weighted by molar-refractivity contribution is -0.139. The SMILES string of the molecule is O=C(O)CC1(NC(=O)COc2ccccc2Cl)CCOC1. The van der Waals surface area contributed by atoms with Crippen LogP contribution in [0.2, 0.25) is 5.02 Å². The maximum absolute atomic E-state index is 11.9. The highest BCUT2D eigenvalue weighted by Gasteiger charge is 2.38. The van der Waals surface area contributed by atoms with Gasteiger partial charge in [0.05, 0.1) is 23.6 Å². The quantitative estimate of drug-likeness (QED) is 0.830. The molecule has 0 radical (unpaired) electrons. The lowest BCUT2D eigenvalue weighted by atomic mass is 9.94. The minimum absolute atomic E-state index is 0.176. The zero-order valence-electron chi connectivity index (χ0n) is 11.3. The molecule has 1 saturated heterocycles. The van der Waals surface area contributed by atoms with Crippen molar-refractivity contribution in [3.63, 3.8) is 0 Å². The molecule has 1 aliphatic rings. The molecular weight excluding hydrogens is 298 g/mol. The van der Waals surface area contributed by atoms with Crippen molar-refractivity contribution in [2.75, 3.05) is 19.8 Å². The third-order valence-corrected chi connectivity index (χ3v) is 3.51. The van der Waals surface area contributed by atoms with Crippen LogP contribution in [0.4, 0.5) is 0 Å². The van der Waals surface area contributed by atoms with E-state index in [0.29, 0.717) is 23.8 Å². The first-order chi connectivity index (χ1) is 10.0. The van der Waals surface area contributed by atoms with Gasteiger partial charge < -0.3 is 19.9 Å². The molecule has 7 heteroatoms. The largest absolute Gasteiger partial charge is 0.482 e. The van der Waals surface area contributed by atoms with E-state index in [1.165, 1.54) is 0 Å². The second-order valence-electron chi connectivity index (χ2n) is 4.92. The summed E-state index contributed by atoms with van der Waals surface area (Å²) >= 11 is 5.92. The highest BCUT2D eigenvalue weighted by atomic mass is 35.5. The summed E-state index contributed by atoms with van der Waals surface area (Å²) in [4.78, 5) is 22.9. The molecule has 6 nitrogen and oxygen atoms in total. The molecule has 21 heavy (non-hydrogen) atoms. The molecule has 1 amide bonds. The number of carboxylic acids is 1. The Kier molecular flexibility index (Phi) is 5.03. The smallest absolute Gasteiger partial charge is 0.305 e. The second kappa shape index (κ2) is 6.78. The van der Waals surface area contributed by atoms with Crippen molar-refractivity contribution in [1.29, 1.82) is 0 Å². The van der Waals surface area contributed by atoms with E-state index in [9.17, 15) is 9.59 Å². The van der Waals surface area contributed by atoms with E-state index in [1.54, 1.807) is 24.3 Å². The summed E-state index contributed by atoms with van der Waals surface area (Å²) in [6.45, 7) is 0.390. The number of halogens is 1. The van der Waals surface area contributed by atoms with E-state index in [0.717, 1.165) is 0 Å². The van der Waals surface area contributed by atoms with Gasteiger partial charge in [-0.05, 0) is 18.6 Å². The predicted octanol–water partition coefficient (Wildman–Crippen LogP) is 1.47. The van der Waals surface area contributed by atoms with E-state index in [4.69, 9.17) is 26.2 Å². The van der Waals surface area contributed by atoms with Crippen molar-refractivity contribution in [3.05, 3.63) is 29.3 Å². The minimum atomic E-state index is -0.979. The topological polar surface area (TPSA) is 84.9 Å². The molecule has 1 heterocycles. The molecule has 1 aliphatic heterocycles. The Balaban J connectivity index is 1.91. The van der Waals surface area contributed by atoms with Gasteiger partial charge in [0.1, 0.15) is 5.75 Å². The number of ether oxygens (including phenoxy) is 2. The third kappa shape index (κ3) is 4.34. The summed E-state index contributed by atoms with van der Waals surface area (Å²) in [6, 6.07) is 6.82. The Hall–Kier alpha value is -1.79. The normalized spacial score (nSPS) is 21.0. The van der Waals surface area contributed by atoms with Gasteiger partial charge in [-0.3, -0.25) is 9.59 Å². The maximum Gasteiger partial charge on any atom is 0.305 e. The van der Waals surface area contributed by atoms with Gasteiger partial charge in [0.2, 0.25) is 0 Å². The summed E-state index contributed by atoms with van der Waals surface area (Å²) in [5, 5.41) is 12.1. The number of benzene rings is 1. The summed E-state index contributed by atoms with van der Waals surface area (Å²) in [6.07, 6.45) is 0.294. The average Bonchev–Trinajstić information content (AvgIpc) is 2.85. The fourth-order valence-corrected chi connectivity index (χ4v) is 2.41. The van der Waals surface area contributed by atoms with E-state index >= 15 is 0 Å². The third-order valence-electron chi connectivity index (χ3n) is 3.19. The van der Waals surface area contributed by atoms with Crippen molar-refractivity contribution in [1.82, 2.24) is 5.32 Å². The van der Waals surface area contributed by atoms with Crippen molar-refractivity contribution in [3.8, 4) is 5.75 Å². The number of amides is 1. The monoisotopic (exact) mass is 313 g/mol. The zero-order valence-corrected chi connectivity index (χ0v) is 12.1. The first kappa shape index (κ1) is 15.6. The van der Waals surface area contributed by atoms with Gasteiger partial charge in [-0.25, -0.2) is 0 Å². The van der Waals surface area contributed by atoms with E-state index in [1.807, 2.05) is 0 Å². The van der Waals surface area contributed by atoms with Gasteiger partial charge >= 0.3 is 5.97 Å². The van der Waals surface area contributed by atoms with Gasteiger partial charge in [0.25, 0.3) is 5.91 Å². The van der Waals surface area contributed by atoms with Gasteiger partial charge in [-0.1, -0.05) is 23.7 Å². The van der Waals surface area contributed by atoms with Crippen molar-refractivity contribution in [2.24, 2.45) is 0 Å². The van der Waals surface area contributed by atoms with Crippen LogP contribution in [-0.2, 0) is 14.3 Å². The number of hydrogen-bond acceptors (Lipinski definition) is 4. The summed E-state index contributed by atoms with van der Waals surface area (Å²) in [5.41, 5.74) is -0.854. The van der Waals surface area contributed by atoms with Gasteiger partial charge in [-0.2, -0.15) is 0 Å². The van der Waals surface area contributed by atoms with Crippen LogP contribution in [0.1, 0.15) is 12.8 Å². The van der Waals surface area contributed by atoms with Crippen molar-refractivity contribution in [2.45, 2.75) is 18.4 Å². The molecule has 1 aromatic rings. The van der Waals surface area contributed by atoms with Gasteiger partial charge in [0.15, 0.2) is 6.61 Å². The Bertz CT molecular complexity index is 528. The van der Waals surface area contributed by atoms with Crippen molar-refractivity contribution >= 4 is 23.5 Å². The fraction of sp³-hybridized carbons (Fsp3) is 0.429. The molecule has 2 N–H and O–H groups in total. The van der Waals surface area contributed by atoms with Crippen LogP contribution in [-0.4, -0.2) is 42.3 Å². The lowest BCUT2D eigenvalue weighted by Gasteiger charge is -2.26. The highest BCUT2D eigenvalue weighted by Crippen LogP contribution is 2.24. The summed E-state index contributed by atoms with van der Waals surface area (Å²) < 4.78 is 10.5. The number of hydrogen-bond donors (Lipinski definition) is 2. The first-order valence-electron chi connectivity index (χ1n) is 6.49. The van der Waals surface area contributed by atoms with Gasteiger partial charge in [-0.15, -0.1) is 0 Å². The predicted molar refractivity (Wildman–Crippen MR) is 75.5 cm³/mol. The minimum Gasteiger partial charge on any atom is -0.482 e. The molecule has 0 aliphatic carbocycles. The Morgan fingerprint density at radius 2 is 2.19 bits per heavy atom. The van der Waals surface area contributed by atoms with E-state index < -0.39 is 17.4 Å². The number of carbonyl (C=O) groups excluding carboxylic acids is 1. The Morgan fingerprint density at radius 3 is 2.81 bits per heavy atom. The fourth-order valence-electron chi connectivity index (χ4n) is 2.22. The highest BCUT2D eigenvalue weighted by molar-refractivity contribution is 6.32. The molecule has 1 atom stereocenters. The van der Waals surface area contributed by atoms with Crippen LogP contribution in [0.3, 0.4) is 0 Å². The molecule has 0 aromatic heterocycles. The first-order valence-corrected chi connectivity index (χ1v) is 6.86. The molecular formula is C14H16ClNO5. The van der Waals surface area contributed by atoms with Crippen LogP contribution in [0.15, 0.2) is 24.3 Å². The molecule has 0 spiro atoms. The molecule has 114 valence electrons. The molecule has 0 saturated carbocycles. The van der Waals surface area contributed by atoms with Crippen LogP contribution in [0.5, 0.6) is 5.75 Å². The maximum atomic E-state index is 11.9. The summed E-state index contributed by atoms with van der Waals surface area (Å²) in [7, 11) is 0. The molecule has 1 fully saturated rings. The molecule has 1 unspecified atom stereocenters. The van der Waals surface area contributed by atoms with Crippen LogP contribution in [0, 0.1) is 0 Å². The van der Waals surface area contributed by atoms with Crippen molar-refractivity contribution < 1.29 is 24.2 Å². The number of rotatable bonds is 6. The number of para-hydroxylation sites is 1. The van der Waals surface area contributed by atoms with Crippen LogP contribution < -0.4 is 10.1 Å². The van der Waals surface area contributed by atoms with Crippen LogP contribution in [0.25, 0.3) is 0 Å². The lowest BCUT2D eigenvalue weighted by Crippen LogP contribution is -2.51. The van der Waals surface area contributed by atoms with E-state index in [-0.39, 0.29) is 19.6 Å². The standard InChI is InChI=1S/C14H16ClNO5/c15-10-3-1-2-4-11(10)21-8-12(17)16-14(7-13(18)19)5-6-20-9-14/h1-4H,5-9H2,(H,16,17)(H,18,19). The van der Waals surface area contributed by atoms with E-state index in [2.05, 4.69) is 5.32 Å².